The second-order valence-corrected chi connectivity index (χ2v) is 9.92. The Morgan fingerprint density at radius 1 is 0.619 bits per heavy atom. The molecule has 3 rings (SSSR count). The molecule has 0 nitrogen and oxygen atoms in total. The maximum absolute atomic E-state index is 2.48. The van der Waals surface area contributed by atoms with Gasteiger partial charge >= 0.3 is 0 Å². The molecular formula is C21H40. The molecule has 0 heterocycles. The fourth-order valence-electron chi connectivity index (χ4n) is 5.58. The highest BCUT2D eigenvalue weighted by atomic mass is 14.6. The van der Waals surface area contributed by atoms with Gasteiger partial charge in [-0.2, -0.15) is 0 Å². The molecule has 3 saturated carbocycles. The van der Waals surface area contributed by atoms with Gasteiger partial charge < -0.3 is 0 Å². The number of hydrogen-bond acceptors (Lipinski definition) is 0. The van der Waals surface area contributed by atoms with Crippen LogP contribution in [-0.4, -0.2) is 0 Å². The first kappa shape index (κ1) is 17.4. The van der Waals surface area contributed by atoms with E-state index in [9.17, 15) is 0 Å². The summed E-state index contributed by atoms with van der Waals surface area (Å²) in [6.45, 7) is 14.6. The SMILES string of the molecule is CC1(C)CCCC12CCC2.CCCC1(C)CCCC1(C)C. The van der Waals surface area contributed by atoms with E-state index in [1.54, 1.807) is 0 Å². The Bertz CT molecular complexity index is 345. The Hall–Kier alpha value is 0. The van der Waals surface area contributed by atoms with Gasteiger partial charge in [-0.25, -0.2) is 0 Å². The van der Waals surface area contributed by atoms with Gasteiger partial charge in [0, 0.05) is 0 Å². The summed E-state index contributed by atoms with van der Waals surface area (Å²) in [6, 6.07) is 0. The summed E-state index contributed by atoms with van der Waals surface area (Å²) in [5.74, 6) is 0. The van der Waals surface area contributed by atoms with Crippen molar-refractivity contribution in [2.24, 2.45) is 21.7 Å². The van der Waals surface area contributed by atoms with Crippen LogP contribution in [0.4, 0.5) is 0 Å². The minimum absolute atomic E-state index is 0.600. The van der Waals surface area contributed by atoms with Crippen molar-refractivity contribution in [3.05, 3.63) is 0 Å². The van der Waals surface area contributed by atoms with Crippen LogP contribution in [0.15, 0.2) is 0 Å². The summed E-state index contributed by atoms with van der Waals surface area (Å²) in [5, 5.41) is 0. The van der Waals surface area contributed by atoms with Crippen LogP contribution >= 0.6 is 0 Å². The molecule has 0 saturated heterocycles. The quantitative estimate of drug-likeness (QED) is 0.498. The van der Waals surface area contributed by atoms with Crippen LogP contribution in [0.25, 0.3) is 0 Å². The third kappa shape index (κ3) is 3.06. The lowest BCUT2D eigenvalue weighted by atomic mass is 9.56. The first-order valence-electron chi connectivity index (χ1n) is 9.68. The molecule has 3 fully saturated rings. The lowest BCUT2D eigenvalue weighted by molar-refractivity contribution is 0.0166. The third-order valence-electron chi connectivity index (χ3n) is 8.17. The van der Waals surface area contributed by atoms with Gasteiger partial charge in [-0.3, -0.25) is 0 Å². The van der Waals surface area contributed by atoms with E-state index >= 15 is 0 Å². The van der Waals surface area contributed by atoms with Crippen LogP contribution in [0.1, 0.15) is 112 Å². The van der Waals surface area contributed by atoms with E-state index in [4.69, 9.17) is 0 Å². The lowest BCUT2D eigenvalue weighted by Crippen LogP contribution is -2.38. The molecule has 0 aromatic rings. The molecule has 0 aliphatic heterocycles. The van der Waals surface area contributed by atoms with Crippen LogP contribution in [0.3, 0.4) is 0 Å². The molecule has 3 aliphatic carbocycles. The van der Waals surface area contributed by atoms with Gasteiger partial charge in [0.05, 0.1) is 0 Å². The summed E-state index contributed by atoms with van der Waals surface area (Å²) < 4.78 is 0. The molecule has 0 amide bonds. The van der Waals surface area contributed by atoms with Crippen molar-refractivity contribution in [2.75, 3.05) is 0 Å². The van der Waals surface area contributed by atoms with Crippen molar-refractivity contribution in [2.45, 2.75) is 112 Å². The monoisotopic (exact) mass is 292 g/mol. The van der Waals surface area contributed by atoms with E-state index in [0.717, 1.165) is 5.41 Å². The Balaban J connectivity index is 0.000000154. The van der Waals surface area contributed by atoms with Crippen LogP contribution in [-0.2, 0) is 0 Å². The topological polar surface area (TPSA) is 0 Å². The predicted octanol–water partition coefficient (Wildman–Crippen LogP) is 7.37. The average molecular weight is 293 g/mol. The Kier molecular flexibility index (Phi) is 4.87. The molecule has 0 aromatic heterocycles. The molecule has 21 heavy (non-hydrogen) atoms. The largest absolute Gasteiger partial charge is 0.0654 e. The lowest BCUT2D eigenvalue weighted by Gasteiger charge is -2.49. The fraction of sp³-hybridized carbons (Fsp3) is 1.00. The van der Waals surface area contributed by atoms with Crippen molar-refractivity contribution >= 4 is 0 Å². The minimum Gasteiger partial charge on any atom is -0.0654 e. The van der Waals surface area contributed by atoms with Gasteiger partial charge in [0.2, 0.25) is 0 Å². The zero-order valence-electron chi connectivity index (χ0n) is 15.8. The van der Waals surface area contributed by atoms with Crippen LogP contribution < -0.4 is 0 Å². The Morgan fingerprint density at radius 3 is 1.38 bits per heavy atom. The Labute approximate surface area is 134 Å². The van der Waals surface area contributed by atoms with E-state index in [0.29, 0.717) is 16.2 Å². The molecule has 0 bridgehead atoms. The molecule has 124 valence electrons. The maximum atomic E-state index is 2.48. The zero-order valence-corrected chi connectivity index (χ0v) is 15.8. The molecule has 1 spiro atoms. The smallest absolute Gasteiger partial charge is 0.0246 e. The van der Waals surface area contributed by atoms with Gasteiger partial charge in [-0.1, -0.05) is 67.2 Å². The second kappa shape index (κ2) is 5.89. The maximum Gasteiger partial charge on any atom is -0.0246 e. The molecule has 1 unspecified atom stereocenters. The predicted molar refractivity (Wildman–Crippen MR) is 94.6 cm³/mol. The molecule has 0 heteroatoms. The second-order valence-electron chi connectivity index (χ2n) is 9.92. The van der Waals surface area contributed by atoms with E-state index in [2.05, 4.69) is 41.5 Å². The highest BCUT2D eigenvalue weighted by Crippen LogP contribution is 2.63. The van der Waals surface area contributed by atoms with Crippen molar-refractivity contribution < 1.29 is 0 Å². The molecular weight excluding hydrogens is 252 g/mol. The highest BCUT2D eigenvalue weighted by Gasteiger charge is 2.51. The standard InChI is InChI=1S/C11H22.C10H18/c1-5-7-11(4)9-6-8-10(11,2)3;1-9(2)5-3-6-10(9)7-4-8-10/h5-9H2,1-4H3;3-8H2,1-2H3. The molecule has 0 aromatic carbocycles. The Morgan fingerprint density at radius 2 is 1.10 bits per heavy atom. The van der Waals surface area contributed by atoms with E-state index < -0.39 is 0 Å². The third-order valence-corrected chi connectivity index (χ3v) is 8.17. The van der Waals surface area contributed by atoms with Gasteiger partial charge in [-0.15, -0.1) is 0 Å². The molecule has 3 aliphatic rings. The molecule has 0 radical (unpaired) electrons. The van der Waals surface area contributed by atoms with Gasteiger partial charge in [0.15, 0.2) is 0 Å². The number of rotatable bonds is 2. The minimum atomic E-state index is 0.600. The fourth-order valence-corrected chi connectivity index (χ4v) is 5.58. The summed E-state index contributed by atoms with van der Waals surface area (Å²) in [7, 11) is 0. The van der Waals surface area contributed by atoms with Gasteiger partial charge in [0.1, 0.15) is 0 Å². The van der Waals surface area contributed by atoms with Crippen LogP contribution in [0, 0.1) is 21.7 Å². The van der Waals surface area contributed by atoms with E-state index in [1.165, 1.54) is 70.6 Å². The van der Waals surface area contributed by atoms with E-state index in [-0.39, 0.29) is 0 Å². The highest BCUT2D eigenvalue weighted by molar-refractivity contribution is 5.02. The molecule has 0 N–H and O–H groups in total. The van der Waals surface area contributed by atoms with Crippen molar-refractivity contribution in [1.82, 2.24) is 0 Å². The van der Waals surface area contributed by atoms with Crippen molar-refractivity contribution in [3.8, 4) is 0 Å². The molecule has 1 atom stereocenters. The summed E-state index contributed by atoms with van der Waals surface area (Å²) in [5.41, 5.74) is 2.74. The first-order chi connectivity index (χ1) is 9.68. The summed E-state index contributed by atoms with van der Waals surface area (Å²) in [4.78, 5) is 0. The first-order valence-corrected chi connectivity index (χ1v) is 9.68. The number of hydrogen-bond donors (Lipinski definition) is 0. The van der Waals surface area contributed by atoms with Crippen LogP contribution in [0.5, 0.6) is 0 Å². The van der Waals surface area contributed by atoms with Crippen molar-refractivity contribution in [1.29, 1.82) is 0 Å². The van der Waals surface area contributed by atoms with Gasteiger partial charge in [-0.05, 0) is 66.6 Å². The van der Waals surface area contributed by atoms with Crippen LogP contribution in [0.2, 0.25) is 0 Å². The zero-order chi connectivity index (χ0) is 15.8. The summed E-state index contributed by atoms with van der Waals surface area (Å²) in [6.07, 6.45) is 16.2. The van der Waals surface area contributed by atoms with Crippen molar-refractivity contribution in [3.63, 3.8) is 0 Å². The van der Waals surface area contributed by atoms with E-state index in [1.807, 2.05) is 0 Å². The van der Waals surface area contributed by atoms with Gasteiger partial charge in [0.25, 0.3) is 0 Å². The normalized spacial score (nSPS) is 35.1. The summed E-state index contributed by atoms with van der Waals surface area (Å²) >= 11 is 0. The average Bonchev–Trinajstić information content (AvgIpc) is 2.77.